The summed E-state index contributed by atoms with van der Waals surface area (Å²) in [6, 6.07) is 3.72. The lowest BCUT2D eigenvalue weighted by Gasteiger charge is -2.30. The summed E-state index contributed by atoms with van der Waals surface area (Å²) in [4.78, 5) is 2.26. The van der Waals surface area contributed by atoms with Gasteiger partial charge in [0.25, 0.3) is 0 Å². The monoisotopic (exact) mass is 282 g/mol. The predicted molar refractivity (Wildman–Crippen MR) is 77.5 cm³/mol. The minimum absolute atomic E-state index is 0.308. The molecule has 0 saturated carbocycles. The Balaban J connectivity index is 1.98. The Morgan fingerprint density at radius 2 is 2.00 bits per heavy atom. The van der Waals surface area contributed by atoms with Crippen LogP contribution < -0.4 is 5.32 Å². The molecule has 0 radical (unpaired) electrons. The topological polar surface area (TPSA) is 15.3 Å². The van der Waals surface area contributed by atoms with Gasteiger partial charge in [0.1, 0.15) is 11.6 Å². The van der Waals surface area contributed by atoms with E-state index in [9.17, 15) is 8.78 Å². The highest BCUT2D eigenvalue weighted by molar-refractivity contribution is 5.18. The zero-order valence-electron chi connectivity index (χ0n) is 12.2. The molecule has 1 aromatic rings. The van der Waals surface area contributed by atoms with E-state index < -0.39 is 0 Å². The van der Waals surface area contributed by atoms with Crippen LogP contribution in [0.5, 0.6) is 0 Å². The zero-order chi connectivity index (χ0) is 14.4. The minimum Gasteiger partial charge on any atom is -0.317 e. The van der Waals surface area contributed by atoms with Gasteiger partial charge in [0, 0.05) is 18.7 Å². The first-order valence-corrected chi connectivity index (χ1v) is 7.56. The Hall–Kier alpha value is -1.00. The normalized spacial score (nSPS) is 16.8. The van der Waals surface area contributed by atoms with Crippen LogP contribution in [0.1, 0.15) is 31.7 Å². The fraction of sp³-hybridized carbons (Fsp3) is 0.625. The van der Waals surface area contributed by atoms with Crippen molar-refractivity contribution in [3.8, 4) is 0 Å². The molecule has 1 fully saturated rings. The van der Waals surface area contributed by atoms with Gasteiger partial charge in [0.15, 0.2) is 0 Å². The Kier molecular flexibility index (Phi) is 5.92. The molecule has 2 rings (SSSR count). The highest BCUT2D eigenvalue weighted by Gasteiger charge is 2.18. The van der Waals surface area contributed by atoms with Crippen LogP contribution >= 0.6 is 0 Å². The fourth-order valence-corrected chi connectivity index (χ4v) is 2.89. The van der Waals surface area contributed by atoms with Gasteiger partial charge in [-0.3, -0.25) is 4.90 Å². The largest absolute Gasteiger partial charge is 0.317 e. The molecule has 4 heteroatoms. The summed E-state index contributed by atoms with van der Waals surface area (Å²) >= 11 is 0. The SMILES string of the molecule is CCCN(Cc1cc(F)ccc1F)CC1CCNCC1. The molecule has 0 spiro atoms. The number of nitrogens with zero attached hydrogens (tertiary/aromatic N) is 1. The number of benzene rings is 1. The zero-order valence-corrected chi connectivity index (χ0v) is 12.2. The van der Waals surface area contributed by atoms with E-state index in [-0.39, 0.29) is 11.6 Å². The highest BCUT2D eigenvalue weighted by atomic mass is 19.1. The molecule has 0 aliphatic carbocycles. The van der Waals surface area contributed by atoms with Crippen molar-refractivity contribution >= 4 is 0 Å². The van der Waals surface area contributed by atoms with Crippen LogP contribution in [0.3, 0.4) is 0 Å². The van der Waals surface area contributed by atoms with Gasteiger partial charge in [-0.25, -0.2) is 8.78 Å². The van der Waals surface area contributed by atoms with Gasteiger partial charge in [-0.05, 0) is 63.0 Å². The first-order valence-electron chi connectivity index (χ1n) is 7.56. The number of hydrogen-bond donors (Lipinski definition) is 1. The van der Waals surface area contributed by atoms with Crippen molar-refractivity contribution in [2.45, 2.75) is 32.7 Å². The minimum atomic E-state index is -0.361. The Labute approximate surface area is 120 Å². The van der Waals surface area contributed by atoms with E-state index in [0.717, 1.165) is 32.6 Å². The second kappa shape index (κ2) is 7.70. The molecule has 1 saturated heterocycles. The van der Waals surface area contributed by atoms with Crippen molar-refractivity contribution in [3.05, 3.63) is 35.4 Å². The molecule has 0 amide bonds. The van der Waals surface area contributed by atoms with E-state index in [0.29, 0.717) is 18.0 Å². The van der Waals surface area contributed by atoms with E-state index in [2.05, 4.69) is 17.1 Å². The third-order valence-corrected chi connectivity index (χ3v) is 3.92. The van der Waals surface area contributed by atoms with Crippen molar-refractivity contribution in [1.29, 1.82) is 0 Å². The van der Waals surface area contributed by atoms with E-state index in [1.807, 2.05) is 0 Å². The van der Waals surface area contributed by atoms with Gasteiger partial charge < -0.3 is 5.32 Å². The first-order chi connectivity index (χ1) is 9.69. The van der Waals surface area contributed by atoms with E-state index in [4.69, 9.17) is 0 Å². The van der Waals surface area contributed by atoms with Gasteiger partial charge in [0.05, 0.1) is 0 Å². The van der Waals surface area contributed by atoms with Crippen molar-refractivity contribution in [2.75, 3.05) is 26.2 Å². The second-order valence-electron chi connectivity index (χ2n) is 5.66. The van der Waals surface area contributed by atoms with E-state index in [1.165, 1.54) is 31.0 Å². The van der Waals surface area contributed by atoms with Crippen LogP contribution in [-0.4, -0.2) is 31.1 Å². The molecular formula is C16H24F2N2. The number of hydrogen-bond acceptors (Lipinski definition) is 2. The third kappa shape index (κ3) is 4.53. The van der Waals surface area contributed by atoms with Gasteiger partial charge >= 0.3 is 0 Å². The average Bonchev–Trinajstić information content (AvgIpc) is 2.44. The summed E-state index contributed by atoms with van der Waals surface area (Å²) in [7, 11) is 0. The number of piperidine rings is 1. The molecule has 112 valence electrons. The lowest BCUT2D eigenvalue weighted by molar-refractivity contribution is 0.196. The van der Waals surface area contributed by atoms with Crippen LogP contribution in [0.2, 0.25) is 0 Å². The van der Waals surface area contributed by atoms with Gasteiger partial charge in [-0.2, -0.15) is 0 Å². The van der Waals surface area contributed by atoms with E-state index >= 15 is 0 Å². The molecule has 0 aromatic heterocycles. The molecule has 1 N–H and O–H groups in total. The van der Waals surface area contributed by atoms with Gasteiger partial charge in [0.2, 0.25) is 0 Å². The van der Waals surface area contributed by atoms with Crippen molar-refractivity contribution in [3.63, 3.8) is 0 Å². The van der Waals surface area contributed by atoms with Crippen molar-refractivity contribution < 1.29 is 8.78 Å². The molecule has 1 aromatic carbocycles. The number of nitrogens with one attached hydrogen (secondary N) is 1. The quantitative estimate of drug-likeness (QED) is 0.862. The Morgan fingerprint density at radius 3 is 2.70 bits per heavy atom. The van der Waals surface area contributed by atoms with Crippen LogP contribution in [0, 0.1) is 17.6 Å². The number of halogens is 2. The molecular weight excluding hydrogens is 258 g/mol. The summed E-state index contributed by atoms with van der Waals surface area (Å²) in [5.41, 5.74) is 0.465. The third-order valence-electron chi connectivity index (χ3n) is 3.92. The van der Waals surface area contributed by atoms with Crippen LogP contribution in [0.4, 0.5) is 8.78 Å². The lowest BCUT2D eigenvalue weighted by atomic mass is 9.97. The number of rotatable bonds is 6. The Bertz CT molecular complexity index is 417. The summed E-state index contributed by atoms with van der Waals surface area (Å²) in [5, 5.41) is 3.36. The van der Waals surface area contributed by atoms with Crippen molar-refractivity contribution in [1.82, 2.24) is 10.2 Å². The molecule has 2 nitrogen and oxygen atoms in total. The standard InChI is InChI=1S/C16H24F2N2/c1-2-9-20(11-13-5-7-19-8-6-13)12-14-10-15(17)3-4-16(14)18/h3-4,10,13,19H,2,5-9,11-12H2,1H3. The average molecular weight is 282 g/mol. The molecule has 20 heavy (non-hydrogen) atoms. The molecule has 1 heterocycles. The van der Waals surface area contributed by atoms with Crippen LogP contribution in [0.25, 0.3) is 0 Å². The van der Waals surface area contributed by atoms with Crippen molar-refractivity contribution in [2.24, 2.45) is 5.92 Å². The maximum Gasteiger partial charge on any atom is 0.127 e. The first kappa shape index (κ1) is 15.4. The summed E-state index contributed by atoms with van der Waals surface area (Å²) < 4.78 is 27.0. The Morgan fingerprint density at radius 1 is 1.25 bits per heavy atom. The van der Waals surface area contributed by atoms with Crippen LogP contribution in [0.15, 0.2) is 18.2 Å². The smallest absolute Gasteiger partial charge is 0.127 e. The second-order valence-corrected chi connectivity index (χ2v) is 5.66. The summed E-state index contributed by atoms with van der Waals surface area (Å²) in [5.74, 6) is -0.00282. The molecule has 1 aliphatic heterocycles. The molecule has 1 aliphatic rings. The molecule has 0 unspecified atom stereocenters. The van der Waals surface area contributed by atoms with E-state index in [1.54, 1.807) is 0 Å². The fourth-order valence-electron chi connectivity index (χ4n) is 2.89. The predicted octanol–water partition coefficient (Wildman–Crippen LogP) is 3.18. The lowest BCUT2D eigenvalue weighted by Crippen LogP contribution is -2.36. The summed E-state index contributed by atoms with van der Waals surface area (Å²) in [6.07, 6.45) is 3.37. The van der Waals surface area contributed by atoms with Gasteiger partial charge in [-0.1, -0.05) is 6.92 Å². The molecule has 0 bridgehead atoms. The highest BCUT2D eigenvalue weighted by Crippen LogP contribution is 2.17. The maximum absolute atomic E-state index is 13.7. The molecule has 0 atom stereocenters. The van der Waals surface area contributed by atoms with Gasteiger partial charge in [-0.15, -0.1) is 0 Å². The maximum atomic E-state index is 13.7. The summed E-state index contributed by atoms with van der Waals surface area (Å²) in [6.45, 7) is 6.67. The van der Waals surface area contributed by atoms with Crippen LogP contribution in [-0.2, 0) is 6.54 Å².